The monoisotopic (exact) mass is 473 g/mol. The summed E-state index contributed by atoms with van der Waals surface area (Å²) < 4.78 is 0. The third-order valence-electron chi connectivity index (χ3n) is 7.56. The summed E-state index contributed by atoms with van der Waals surface area (Å²) in [4.78, 5) is 20.2. The number of hydrogen-bond acceptors (Lipinski definition) is 3. The summed E-state index contributed by atoms with van der Waals surface area (Å²) >= 11 is 6.19. The van der Waals surface area contributed by atoms with Gasteiger partial charge in [0.05, 0.1) is 5.69 Å². The Hall–Kier alpha value is -2.69. The molecule has 34 heavy (non-hydrogen) atoms. The summed E-state index contributed by atoms with van der Waals surface area (Å²) in [6.07, 6.45) is 6.62. The first kappa shape index (κ1) is 23.1. The van der Waals surface area contributed by atoms with Gasteiger partial charge in [0.15, 0.2) is 0 Å². The van der Waals surface area contributed by atoms with Crippen molar-refractivity contribution in [3.63, 3.8) is 0 Å². The van der Waals surface area contributed by atoms with Gasteiger partial charge in [-0.2, -0.15) is 0 Å². The number of pyridine rings is 1. The standard InChI is InChI=1S/C29H32ClN3O/c30-23-14-12-22(13-15-23)25-19-28(34)33(18-16-21-7-2-1-3-8-21)27-11-6-10-26(29(25)27)32-20-24-9-4-5-17-31-24/h1-5,7-9,12-15,17,25-27,29,32H,6,10-11,16,18-20H2/t25-,26+,27-,29+/m1/s1. The summed E-state index contributed by atoms with van der Waals surface area (Å²) in [6, 6.07) is 25.3. The molecule has 1 aliphatic heterocycles. The number of carbonyl (C=O) groups is 1. The number of fused-ring (bicyclic) bond motifs is 1. The highest BCUT2D eigenvalue weighted by molar-refractivity contribution is 6.30. The summed E-state index contributed by atoms with van der Waals surface area (Å²) in [5.41, 5.74) is 3.56. The Kier molecular flexibility index (Phi) is 7.27. The molecule has 176 valence electrons. The van der Waals surface area contributed by atoms with E-state index in [4.69, 9.17) is 11.6 Å². The van der Waals surface area contributed by atoms with Crippen molar-refractivity contribution in [3.05, 3.63) is 101 Å². The third kappa shape index (κ3) is 5.18. The van der Waals surface area contributed by atoms with E-state index in [1.807, 2.05) is 36.5 Å². The van der Waals surface area contributed by atoms with Gasteiger partial charge in [0, 0.05) is 48.7 Å². The minimum Gasteiger partial charge on any atom is -0.339 e. The van der Waals surface area contributed by atoms with Crippen LogP contribution in [0, 0.1) is 5.92 Å². The molecule has 0 spiro atoms. The van der Waals surface area contributed by atoms with Gasteiger partial charge < -0.3 is 10.2 Å². The smallest absolute Gasteiger partial charge is 0.223 e. The van der Waals surface area contributed by atoms with E-state index >= 15 is 0 Å². The van der Waals surface area contributed by atoms with Crippen LogP contribution in [-0.4, -0.2) is 34.4 Å². The van der Waals surface area contributed by atoms with Crippen molar-refractivity contribution >= 4 is 17.5 Å². The van der Waals surface area contributed by atoms with Crippen molar-refractivity contribution in [3.8, 4) is 0 Å². The number of amides is 1. The van der Waals surface area contributed by atoms with Crippen LogP contribution >= 0.6 is 11.6 Å². The SMILES string of the molecule is O=C1C[C@H](c2ccc(Cl)cc2)[C@H]2[C@@H](NCc3ccccn3)CCC[C@H]2N1CCc1ccccc1. The first-order chi connectivity index (χ1) is 16.7. The summed E-state index contributed by atoms with van der Waals surface area (Å²) in [5.74, 6) is 0.846. The van der Waals surface area contributed by atoms with Crippen LogP contribution in [0.25, 0.3) is 0 Å². The minimum absolute atomic E-state index is 0.198. The quantitative estimate of drug-likeness (QED) is 0.484. The molecule has 3 aromatic rings. The highest BCUT2D eigenvalue weighted by Gasteiger charge is 2.47. The van der Waals surface area contributed by atoms with Crippen LogP contribution in [0.1, 0.15) is 48.4 Å². The second-order valence-electron chi connectivity index (χ2n) is 9.57. The number of likely N-dealkylation sites (tertiary alicyclic amines) is 1. The molecule has 1 aliphatic carbocycles. The number of carbonyl (C=O) groups excluding carboxylic acids is 1. The van der Waals surface area contributed by atoms with Crippen molar-refractivity contribution in [1.82, 2.24) is 15.2 Å². The van der Waals surface area contributed by atoms with Gasteiger partial charge in [-0.15, -0.1) is 0 Å². The zero-order valence-corrected chi connectivity index (χ0v) is 20.2. The molecule has 4 nitrogen and oxygen atoms in total. The number of benzene rings is 2. The fourth-order valence-corrected chi connectivity index (χ4v) is 6.08. The molecule has 0 bridgehead atoms. The maximum Gasteiger partial charge on any atom is 0.223 e. The predicted octanol–water partition coefficient (Wildman–Crippen LogP) is 5.62. The van der Waals surface area contributed by atoms with Crippen molar-refractivity contribution in [1.29, 1.82) is 0 Å². The maximum atomic E-state index is 13.5. The number of rotatable bonds is 7. The van der Waals surface area contributed by atoms with Crippen LogP contribution in [-0.2, 0) is 17.8 Å². The molecule has 1 amide bonds. The number of nitrogens with one attached hydrogen (secondary N) is 1. The Balaban J connectivity index is 1.40. The Bertz CT molecular complexity index is 1070. The highest BCUT2D eigenvalue weighted by Crippen LogP contribution is 2.45. The van der Waals surface area contributed by atoms with Gasteiger partial charge in [-0.25, -0.2) is 0 Å². The van der Waals surface area contributed by atoms with Crippen LogP contribution in [0.2, 0.25) is 5.02 Å². The fraction of sp³-hybridized carbons (Fsp3) is 0.379. The summed E-state index contributed by atoms with van der Waals surface area (Å²) in [6.45, 7) is 1.53. The number of hydrogen-bond donors (Lipinski definition) is 1. The van der Waals surface area contributed by atoms with Crippen LogP contribution in [0.5, 0.6) is 0 Å². The molecular formula is C29H32ClN3O. The maximum absolute atomic E-state index is 13.5. The van der Waals surface area contributed by atoms with Crippen molar-refractivity contribution in [2.45, 2.75) is 56.7 Å². The van der Waals surface area contributed by atoms with Crippen molar-refractivity contribution < 1.29 is 4.79 Å². The Morgan fingerprint density at radius 1 is 0.971 bits per heavy atom. The first-order valence-corrected chi connectivity index (χ1v) is 12.8. The zero-order chi connectivity index (χ0) is 23.3. The molecule has 5 rings (SSSR count). The molecule has 2 fully saturated rings. The van der Waals surface area contributed by atoms with Gasteiger partial charge >= 0.3 is 0 Å². The van der Waals surface area contributed by atoms with Gasteiger partial charge in [0.2, 0.25) is 5.91 Å². The number of nitrogens with zero attached hydrogens (tertiary/aromatic N) is 2. The lowest BCUT2D eigenvalue weighted by Gasteiger charge is -2.51. The lowest BCUT2D eigenvalue weighted by Crippen LogP contribution is -2.59. The average Bonchev–Trinajstić information content (AvgIpc) is 2.88. The van der Waals surface area contributed by atoms with Gasteiger partial charge in [0.25, 0.3) is 0 Å². The van der Waals surface area contributed by atoms with Crippen LogP contribution in [0.15, 0.2) is 79.0 Å². The third-order valence-corrected chi connectivity index (χ3v) is 7.81. The Morgan fingerprint density at radius 2 is 1.76 bits per heavy atom. The largest absolute Gasteiger partial charge is 0.339 e. The van der Waals surface area contributed by atoms with Gasteiger partial charge in [-0.3, -0.25) is 9.78 Å². The second-order valence-corrected chi connectivity index (χ2v) is 10.0. The number of piperidine rings is 1. The van der Waals surface area contributed by atoms with E-state index in [-0.39, 0.29) is 17.9 Å². The van der Waals surface area contributed by atoms with E-state index in [9.17, 15) is 4.79 Å². The van der Waals surface area contributed by atoms with E-state index < -0.39 is 0 Å². The molecule has 0 unspecified atom stereocenters. The van der Waals surface area contributed by atoms with E-state index in [2.05, 4.69) is 57.7 Å². The second kappa shape index (κ2) is 10.7. The van der Waals surface area contributed by atoms with E-state index in [1.165, 1.54) is 11.1 Å². The molecule has 1 N–H and O–H groups in total. The van der Waals surface area contributed by atoms with Gasteiger partial charge in [-0.05, 0) is 67.0 Å². The molecule has 2 aliphatic rings. The van der Waals surface area contributed by atoms with Crippen molar-refractivity contribution in [2.24, 2.45) is 5.92 Å². The molecule has 1 aromatic heterocycles. The van der Waals surface area contributed by atoms with Gasteiger partial charge in [-0.1, -0.05) is 60.1 Å². The first-order valence-electron chi connectivity index (χ1n) is 12.4. The molecular weight excluding hydrogens is 442 g/mol. The van der Waals surface area contributed by atoms with E-state index in [0.717, 1.165) is 49.5 Å². The molecule has 0 radical (unpaired) electrons. The van der Waals surface area contributed by atoms with Crippen LogP contribution in [0.3, 0.4) is 0 Å². The molecule has 4 atom stereocenters. The molecule has 5 heteroatoms. The van der Waals surface area contributed by atoms with Crippen molar-refractivity contribution in [2.75, 3.05) is 6.54 Å². The highest BCUT2D eigenvalue weighted by atomic mass is 35.5. The molecule has 2 heterocycles. The van der Waals surface area contributed by atoms with Gasteiger partial charge in [0.1, 0.15) is 0 Å². The topological polar surface area (TPSA) is 45.2 Å². The number of halogens is 1. The lowest BCUT2D eigenvalue weighted by atomic mass is 9.66. The fourth-order valence-electron chi connectivity index (χ4n) is 5.95. The zero-order valence-electron chi connectivity index (χ0n) is 19.4. The van der Waals surface area contributed by atoms with Crippen LogP contribution in [0.4, 0.5) is 0 Å². The molecule has 1 saturated heterocycles. The van der Waals surface area contributed by atoms with E-state index in [0.29, 0.717) is 18.4 Å². The predicted molar refractivity (Wildman–Crippen MR) is 137 cm³/mol. The summed E-state index contributed by atoms with van der Waals surface area (Å²) in [5, 5.41) is 4.57. The Morgan fingerprint density at radius 3 is 2.53 bits per heavy atom. The number of aromatic nitrogens is 1. The lowest BCUT2D eigenvalue weighted by molar-refractivity contribution is -0.142. The average molecular weight is 474 g/mol. The molecule has 1 saturated carbocycles. The summed E-state index contributed by atoms with van der Waals surface area (Å²) in [7, 11) is 0. The molecule has 2 aromatic carbocycles. The minimum atomic E-state index is 0.198. The van der Waals surface area contributed by atoms with Crippen LogP contribution < -0.4 is 5.32 Å². The van der Waals surface area contributed by atoms with E-state index in [1.54, 1.807) is 0 Å². The normalized spacial score (nSPS) is 24.6. The Labute approximate surface area is 207 Å².